The van der Waals surface area contributed by atoms with Crippen LogP contribution in [0.5, 0.6) is 0 Å². The summed E-state index contributed by atoms with van der Waals surface area (Å²) in [5, 5.41) is 2.25. The standard InChI is InChI=1S/C24H24N4/c1-5-18-8-9-20(26-18)16(3)22-12-13-24(28-22)17(4)23-11-10-21(27-23)15(2)19-7-6-14-25-19/h5-14,26,28H,1-4H3/b18-5-,19-15-,20-16-,23-17?. The molecular weight excluding hydrogens is 344 g/mol. The van der Waals surface area contributed by atoms with Crippen LogP contribution in [0.1, 0.15) is 39.1 Å². The third-order valence-corrected chi connectivity index (χ3v) is 5.26. The van der Waals surface area contributed by atoms with E-state index in [0.717, 1.165) is 50.3 Å². The summed E-state index contributed by atoms with van der Waals surface area (Å²) in [6.07, 6.45) is 12.0. The van der Waals surface area contributed by atoms with Gasteiger partial charge in [-0.15, -0.1) is 0 Å². The van der Waals surface area contributed by atoms with E-state index in [-0.39, 0.29) is 0 Å². The maximum Gasteiger partial charge on any atom is 0.0688 e. The Morgan fingerprint density at radius 2 is 1.61 bits per heavy atom. The zero-order chi connectivity index (χ0) is 19.7. The normalized spacial score (nSPS) is 20.9. The lowest BCUT2D eigenvalue weighted by Gasteiger charge is -2.03. The number of nitrogens with one attached hydrogen (secondary N) is 2. The summed E-state index contributed by atoms with van der Waals surface area (Å²) in [6, 6.07) is 8.45. The van der Waals surface area contributed by atoms with Gasteiger partial charge in [0.15, 0.2) is 0 Å². The van der Waals surface area contributed by atoms with Crippen molar-refractivity contribution in [3.63, 3.8) is 0 Å². The molecular formula is C24H24N4. The Balaban J connectivity index is 1.67. The van der Waals surface area contributed by atoms with E-state index >= 15 is 0 Å². The van der Waals surface area contributed by atoms with Gasteiger partial charge in [0.1, 0.15) is 0 Å². The van der Waals surface area contributed by atoms with Gasteiger partial charge in [0.05, 0.1) is 17.1 Å². The van der Waals surface area contributed by atoms with Crippen LogP contribution in [-0.2, 0) is 0 Å². The molecule has 0 spiro atoms. The van der Waals surface area contributed by atoms with Gasteiger partial charge in [-0.1, -0.05) is 6.08 Å². The van der Waals surface area contributed by atoms with Crippen molar-refractivity contribution in [2.45, 2.75) is 27.7 Å². The molecule has 0 atom stereocenters. The van der Waals surface area contributed by atoms with Gasteiger partial charge in [-0.2, -0.15) is 0 Å². The first-order chi connectivity index (χ1) is 13.6. The molecule has 0 amide bonds. The van der Waals surface area contributed by atoms with Crippen molar-refractivity contribution in [3.05, 3.63) is 87.6 Å². The quantitative estimate of drug-likeness (QED) is 0.822. The Kier molecular flexibility index (Phi) is 4.70. The van der Waals surface area contributed by atoms with E-state index in [2.05, 4.69) is 78.2 Å². The zero-order valence-corrected chi connectivity index (χ0v) is 16.7. The van der Waals surface area contributed by atoms with Gasteiger partial charge in [-0.3, -0.25) is 4.99 Å². The predicted molar refractivity (Wildman–Crippen MR) is 119 cm³/mol. The summed E-state index contributed by atoms with van der Waals surface area (Å²) in [6.45, 7) is 8.32. The number of allylic oxidation sites excluding steroid dienone is 6. The summed E-state index contributed by atoms with van der Waals surface area (Å²) in [7, 11) is 0. The molecule has 0 unspecified atom stereocenters. The third kappa shape index (κ3) is 3.29. The van der Waals surface area contributed by atoms with Crippen molar-refractivity contribution in [1.82, 2.24) is 9.97 Å². The van der Waals surface area contributed by atoms with Gasteiger partial charge in [-0.25, -0.2) is 4.99 Å². The SMILES string of the molecule is C/C=c1/cc/c(=C(\C)c2ccc(C(C)=C3C=CC(/C(C)=C4/C=CC=N4)=N3)[nH]2)[nH]1. The van der Waals surface area contributed by atoms with Crippen LogP contribution in [-0.4, -0.2) is 21.9 Å². The molecule has 4 nitrogen and oxygen atoms in total. The largest absolute Gasteiger partial charge is 0.356 e. The van der Waals surface area contributed by atoms with Gasteiger partial charge in [0.25, 0.3) is 0 Å². The first-order valence-electron chi connectivity index (χ1n) is 9.48. The Morgan fingerprint density at radius 3 is 2.29 bits per heavy atom. The highest BCUT2D eigenvalue weighted by Crippen LogP contribution is 2.26. The number of rotatable bonds is 3. The fourth-order valence-corrected chi connectivity index (χ4v) is 3.35. The lowest BCUT2D eigenvalue weighted by atomic mass is 10.1. The second-order valence-electron chi connectivity index (χ2n) is 7.01. The summed E-state index contributed by atoms with van der Waals surface area (Å²) < 4.78 is 0. The van der Waals surface area contributed by atoms with Crippen molar-refractivity contribution >= 4 is 29.1 Å². The van der Waals surface area contributed by atoms with E-state index in [4.69, 9.17) is 4.99 Å². The molecule has 0 radical (unpaired) electrons. The second kappa shape index (κ2) is 7.31. The van der Waals surface area contributed by atoms with Crippen LogP contribution in [0.4, 0.5) is 0 Å². The lowest BCUT2D eigenvalue weighted by Crippen LogP contribution is -2.11. The lowest BCUT2D eigenvalue weighted by molar-refractivity contribution is 1.22. The molecule has 2 N–H and O–H groups in total. The van der Waals surface area contributed by atoms with Crippen molar-refractivity contribution < 1.29 is 0 Å². The molecule has 0 aliphatic carbocycles. The van der Waals surface area contributed by atoms with Crippen LogP contribution >= 0.6 is 0 Å². The number of hydrogen-bond acceptors (Lipinski definition) is 2. The molecule has 4 rings (SSSR count). The number of aromatic amines is 2. The third-order valence-electron chi connectivity index (χ3n) is 5.26. The summed E-state index contributed by atoms with van der Waals surface area (Å²) in [4.78, 5) is 16.1. The highest BCUT2D eigenvalue weighted by atomic mass is 14.8. The van der Waals surface area contributed by atoms with E-state index in [9.17, 15) is 0 Å². The fraction of sp³-hybridized carbons (Fsp3) is 0.167. The van der Waals surface area contributed by atoms with Crippen LogP contribution in [0.25, 0.3) is 17.2 Å². The van der Waals surface area contributed by atoms with Gasteiger partial charge in [0, 0.05) is 33.9 Å². The molecule has 0 bridgehead atoms. The van der Waals surface area contributed by atoms with Crippen LogP contribution in [0.2, 0.25) is 0 Å². The van der Waals surface area contributed by atoms with Gasteiger partial charge in [-0.05, 0) is 87.4 Å². The first kappa shape index (κ1) is 18.0. The molecule has 28 heavy (non-hydrogen) atoms. The highest BCUT2D eigenvalue weighted by molar-refractivity contribution is 6.12. The summed E-state index contributed by atoms with van der Waals surface area (Å²) >= 11 is 0. The Hall–Kier alpha value is -3.40. The fourth-order valence-electron chi connectivity index (χ4n) is 3.35. The molecule has 2 aliphatic heterocycles. The molecule has 0 saturated heterocycles. The Labute approximate surface area is 164 Å². The molecule has 2 aliphatic rings. The minimum Gasteiger partial charge on any atom is -0.356 e. The molecule has 2 aromatic heterocycles. The number of aromatic nitrogens is 2. The van der Waals surface area contributed by atoms with E-state index in [0.29, 0.717) is 0 Å². The van der Waals surface area contributed by atoms with Crippen molar-refractivity contribution in [2.75, 3.05) is 0 Å². The maximum atomic E-state index is 4.82. The van der Waals surface area contributed by atoms with Crippen LogP contribution in [0.15, 0.2) is 75.5 Å². The Bertz CT molecular complexity index is 1220. The zero-order valence-electron chi connectivity index (χ0n) is 16.7. The first-order valence-corrected chi connectivity index (χ1v) is 9.48. The smallest absolute Gasteiger partial charge is 0.0688 e. The summed E-state index contributed by atoms with van der Waals surface area (Å²) in [5.41, 5.74) is 8.52. The molecule has 2 aromatic rings. The van der Waals surface area contributed by atoms with E-state index < -0.39 is 0 Å². The number of H-pyrrole nitrogens is 2. The average Bonchev–Trinajstić information content (AvgIpc) is 3.52. The van der Waals surface area contributed by atoms with E-state index in [1.54, 1.807) is 0 Å². The van der Waals surface area contributed by atoms with Crippen LogP contribution in [0, 0.1) is 0 Å². The molecule has 4 heteroatoms. The van der Waals surface area contributed by atoms with Crippen molar-refractivity contribution in [2.24, 2.45) is 9.98 Å². The number of hydrogen-bond donors (Lipinski definition) is 2. The van der Waals surface area contributed by atoms with Crippen molar-refractivity contribution in [1.29, 1.82) is 0 Å². The average molecular weight is 368 g/mol. The van der Waals surface area contributed by atoms with E-state index in [1.165, 1.54) is 5.57 Å². The topological polar surface area (TPSA) is 56.3 Å². The monoisotopic (exact) mass is 368 g/mol. The highest BCUT2D eigenvalue weighted by Gasteiger charge is 2.14. The molecule has 4 heterocycles. The van der Waals surface area contributed by atoms with Crippen LogP contribution < -0.4 is 10.7 Å². The van der Waals surface area contributed by atoms with Gasteiger partial charge < -0.3 is 9.97 Å². The van der Waals surface area contributed by atoms with Gasteiger partial charge >= 0.3 is 0 Å². The minimum absolute atomic E-state index is 0.970. The number of aliphatic imine (C=N–C) groups is 2. The van der Waals surface area contributed by atoms with Gasteiger partial charge in [0.2, 0.25) is 0 Å². The second-order valence-corrected chi connectivity index (χ2v) is 7.01. The molecule has 0 saturated carbocycles. The molecule has 0 fully saturated rings. The predicted octanol–water partition coefficient (Wildman–Crippen LogP) is 4.02. The van der Waals surface area contributed by atoms with Crippen molar-refractivity contribution in [3.8, 4) is 0 Å². The van der Waals surface area contributed by atoms with Crippen LogP contribution in [0.3, 0.4) is 0 Å². The maximum absolute atomic E-state index is 4.82. The number of nitrogens with zero attached hydrogens (tertiary/aromatic N) is 2. The minimum atomic E-state index is 0.970. The Morgan fingerprint density at radius 1 is 0.821 bits per heavy atom. The van der Waals surface area contributed by atoms with E-state index in [1.807, 2.05) is 25.3 Å². The molecule has 140 valence electrons. The molecule has 0 aromatic carbocycles. The summed E-state index contributed by atoms with van der Waals surface area (Å²) in [5.74, 6) is 0.